The van der Waals surface area contributed by atoms with Crippen LogP contribution in [0.3, 0.4) is 0 Å². The first-order valence-electron chi connectivity index (χ1n) is 17.5. The first kappa shape index (κ1) is 29.7. The van der Waals surface area contributed by atoms with Crippen molar-refractivity contribution in [3.05, 3.63) is 181 Å². The van der Waals surface area contributed by atoms with Gasteiger partial charge >= 0.3 is 0 Å². The molecule has 240 valence electrons. The van der Waals surface area contributed by atoms with Crippen LogP contribution < -0.4 is 0 Å². The number of hydrogen-bond acceptors (Lipinski definition) is 3. The topological polar surface area (TPSA) is 49.6 Å². The van der Waals surface area contributed by atoms with Gasteiger partial charge in [-0.1, -0.05) is 164 Å². The lowest BCUT2D eigenvalue weighted by molar-refractivity contribution is 1.18. The van der Waals surface area contributed by atoms with Gasteiger partial charge in [0.2, 0.25) is 0 Å². The maximum atomic E-state index is 9.93. The fourth-order valence-corrected chi connectivity index (χ4v) is 7.88. The summed E-state index contributed by atoms with van der Waals surface area (Å²) >= 11 is 0. The van der Waals surface area contributed by atoms with Gasteiger partial charge in [0, 0.05) is 22.1 Å². The minimum Gasteiger partial charge on any atom is -0.228 e. The predicted molar refractivity (Wildman–Crippen MR) is 213 cm³/mol. The molecule has 0 saturated heterocycles. The first-order chi connectivity index (χ1) is 25.7. The van der Waals surface area contributed by atoms with Gasteiger partial charge in [-0.3, -0.25) is 0 Å². The van der Waals surface area contributed by atoms with Crippen LogP contribution >= 0.6 is 0 Å². The van der Waals surface area contributed by atoms with Gasteiger partial charge in [-0.25, -0.2) is 9.97 Å². The molecule has 0 bridgehead atoms. The fraction of sp³-hybridized carbons (Fsp3) is 0. The highest BCUT2D eigenvalue weighted by molar-refractivity contribution is 6.23. The van der Waals surface area contributed by atoms with Crippen molar-refractivity contribution in [3.8, 4) is 84.5 Å². The summed E-state index contributed by atoms with van der Waals surface area (Å²) in [7, 11) is 0. The molecular formula is C49H29N3. The van der Waals surface area contributed by atoms with Gasteiger partial charge in [0.1, 0.15) is 0 Å². The Morgan fingerprint density at radius 1 is 0.346 bits per heavy atom. The third-order valence-electron chi connectivity index (χ3n) is 10.3. The van der Waals surface area contributed by atoms with Crippen LogP contribution in [0.1, 0.15) is 5.56 Å². The van der Waals surface area contributed by atoms with Crippen LogP contribution in [0.5, 0.6) is 0 Å². The van der Waals surface area contributed by atoms with Crippen LogP contribution in [-0.4, -0.2) is 9.97 Å². The zero-order valence-electron chi connectivity index (χ0n) is 28.1. The average molecular weight is 660 g/mol. The Morgan fingerprint density at radius 2 is 0.808 bits per heavy atom. The van der Waals surface area contributed by atoms with E-state index in [1.807, 2.05) is 54.6 Å². The summed E-state index contributed by atoms with van der Waals surface area (Å²) in [5, 5.41) is 14.4. The maximum Gasteiger partial charge on any atom is 0.160 e. The Kier molecular flexibility index (Phi) is 6.87. The highest BCUT2D eigenvalue weighted by Crippen LogP contribution is 2.52. The number of fused-ring (bicyclic) bond motifs is 4. The van der Waals surface area contributed by atoms with Crippen LogP contribution in [0.4, 0.5) is 0 Å². The molecule has 0 saturated carbocycles. The van der Waals surface area contributed by atoms with Crippen molar-refractivity contribution in [2.75, 3.05) is 0 Å². The number of benzene rings is 8. The lowest BCUT2D eigenvalue weighted by Crippen LogP contribution is -1.96. The summed E-state index contributed by atoms with van der Waals surface area (Å²) in [4.78, 5) is 10.1. The average Bonchev–Trinajstić information content (AvgIpc) is 3.56. The van der Waals surface area contributed by atoms with E-state index >= 15 is 0 Å². The lowest BCUT2D eigenvalue weighted by atomic mass is 9.86. The van der Waals surface area contributed by atoms with E-state index in [1.165, 1.54) is 33.0 Å². The standard InChI is InChI=1S/C49H29N3/c50-30-35-23-24-41(38-16-8-7-15-36(35)38)44-28-27-43-40-18-10-9-17-39(40)42-26-25-37(47(44)48(42)43)31-19-21-34(22-20-31)49-51-45(32-11-3-1-4-12-32)29-46(52-49)33-13-5-2-6-14-33/h1-29H. The molecule has 3 heteroatoms. The molecular weight excluding hydrogens is 631 g/mol. The van der Waals surface area contributed by atoms with Crippen molar-refractivity contribution in [1.29, 1.82) is 5.26 Å². The normalized spacial score (nSPS) is 11.4. The lowest BCUT2D eigenvalue weighted by Gasteiger charge is -2.17. The highest BCUT2D eigenvalue weighted by Gasteiger charge is 2.25. The second-order valence-electron chi connectivity index (χ2n) is 13.2. The molecule has 52 heavy (non-hydrogen) atoms. The minimum absolute atomic E-state index is 0.683. The smallest absolute Gasteiger partial charge is 0.160 e. The summed E-state index contributed by atoms with van der Waals surface area (Å²) in [6.45, 7) is 0. The van der Waals surface area contributed by atoms with E-state index in [4.69, 9.17) is 9.97 Å². The Morgan fingerprint density at radius 3 is 1.40 bits per heavy atom. The van der Waals surface area contributed by atoms with Gasteiger partial charge in [-0.15, -0.1) is 0 Å². The summed E-state index contributed by atoms with van der Waals surface area (Å²) in [5.41, 5.74) is 15.1. The van der Waals surface area contributed by atoms with Gasteiger partial charge in [-0.05, 0) is 72.8 Å². The van der Waals surface area contributed by atoms with Crippen molar-refractivity contribution >= 4 is 21.5 Å². The summed E-state index contributed by atoms with van der Waals surface area (Å²) in [5.74, 6) is 0.687. The van der Waals surface area contributed by atoms with E-state index in [2.05, 4.69) is 127 Å². The van der Waals surface area contributed by atoms with Gasteiger partial charge in [-0.2, -0.15) is 5.26 Å². The van der Waals surface area contributed by atoms with Crippen molar-refractivity contribution in [2.24, 2.45) is 0 Å². The first-order valence-corrected chi connectivity index (χ1v) is 17.5. The summed E-state index contributed by atoms with van der Waals surface area (Å²) in [6.07, 6.45) is 0. The molecule has 10 rings (SSSR count). The van der Waals surface area contributed by atoms with Crippen LogP contribution in [0.15, 0.2) is 176 Å². The molecule has 0 fully saturated rings. The molecule has 1 aliphatic carbocycles. The molecule has 0 spiro atoms. The highest BCUT2D eigenvalue weighted by atomic mass is 14.9. The molecule has 0 unspecified atom stereocenters. The second-order valence-corrected chi connectivity index (χ2v) is 13.2. The SMILES string of the molecule is N#Cc1ccc(-c2ccc3c4c(ccc(-c5ccc(-c6nc(-c7ccccc7)cc(-c7ccccc7)n6)cc5)c24)-c2ccccc2-3)c2ccccc12. The Hall–Kier alpha value is -7.15. The van der Waals surface area contributed by atoms with Crippen LogP contribution in [0, 0.1) is 11.3 Å². The molecule has 0 N–H and O–H groups in total. The molecule has 9 aromatic rings. The van der Waals surface area contributed by atoms with E-state index < -0.39 is 0 Å². The number of rotatable bonds is 5. The third kappa shape index (κ3) is 4.74. The van der Waals surface area contributed by atoms with Gasteiger partial charge in [0.05, 0.1) is 23.0 Å². The molecule has 8 aromatic carbocycles. The van der Waals surface area contributed by atoms with Gasteiger partial charge in [0.15, 0.2) is 5.82 Å². The Labute approximate surface area is 301 Å². The number of nitriles is 1. The molecule has 0 aliphatic heterocycles. The molecule has 0 amide bonds. The van der Waals surface area contributed by atoms with E-state index in [9.17, 15) is 5.26 Å². The van der Waals surface area contributed by atoms with Crippen LogP contribution in [-0.2, 0) is 0 Å². The maximum absolute atomic E-state index is 9.93. The largest absolute Gasteiger partial charge is 0.228 e. The summed E-state index contributed by atoms with van der Waals surface area (Å²) < 4.78 is 0. The predicted octanol–water partition coefficient (Wildman–Crippen LogP) is 12.6. The molecule has 1 heterocycles. The van der Waals surface area contributed by atoms with E-state index in [0.29, 0.717) is 11.4 Å². The second kappa shape index (κ2) is 12.0. The zero-order valence-corrected chi connectivity index (χ0v) is 28.1. The molecule has 0 radical (unpaired) electrons. The summed E-state index contributed by atoms with van der Waals surface area (Å²) in [6, 6.07) is 63.8. The minimum atomic E-state index is 0.683. The third-order valence-corrected chi connectivity index (χ3v) is 10.3. The van der Waals surface area contributed by atoms with Crippen molar-refractivity contribution in [2.45, 2.75) is 0 Å². The molecule has 0 atom stereocenters. The van der Waals surface area contributed by atoms with Crippen molar-refractivity contribution < 1.29 is 0 Å². The zero-order chi connectivity index (χ0) is 34.6. The number of nitrogens with zero attached hydrogens (tertiary/aromatic N) is 3. The van der Waals surface area contributed by atoms with Crippen molar-refractivity contribution in [1.82, 2.24) is 9.97 Å². The number of aromatic nitrogens is 2. The van der Waals surface area contributed by atoms with E-state index in [1.54, 1.807) is 0 Å². The van der Waals surface area contributed by atoms with E-state index in [0.717, 1.165) is 61.1 Å². The molecule has 1 aliphatic rings. The van der Waals surface area contributed by atoms with E-state index in [-0.39, 0.29) is 0 Å². The Balaban J connectivity index is 1.17. The quantitative estimate of drug-likeness (QED) is 0.185. The monoisotopic (exact) mass is 659 g/mol. The van der Waals surface area contributed by atoms with Gasteiger partial charge in [0.25, 0.3) is 0 Å². The van der Waals surface area contributed by atoms with Gasteiger partial charge < -0.3 is 0 Å². The van der Waals surface area contributed by atoms with Crippen LogP contribution in [0.25, 0.3) is 100.0 Å². The number of hydrogen-bond donors (Lipinski definition) is 0. The molecule has 1 aromatic heterocycles. The van der Waals surface area contributed by atoms with Crippen molar-refractivity contribution in [3.63, 3.8) is 0 Å². The van der Waals surface area contributed by atoms with Crippen LogP contribution in [0.2, 0.25) is 0 Å². The fourth-order valence-electron chi connectivity index (χ4n) is 7.88. The Bertz CT molecular complexity index is 2800. The molecule has 3 nitrogen and oxygen atoms in total.